The van der Waals surface area contributed by atoms with Gasteiger partial charge < -0.3 is 15.3 Å². The molecule has 0 unspecified atom stereocenters. The van der Waals surface area contributed by atoms with E-state index in [9.17, 15) is 18.8 Å². The van der Waals surface area contributed by atoms with Gasteiger partial charge in [-0.15, -0.1) is 0 Å². The number of fused-ring (bicyclic) bond motifs is 1. The van der Waals surface area contributed by atoms with Crippen molar-refractivity contribution in [2.45, 2.75) is 25.8 Å². The van der Waals surface area contributed by atoms with Crippen LogP contribution < -0.4 is 10.2 Å². The summed E-state index contributed by atoms with van der Waals surface area (Å²) < 4.78 is 13.4. The number of carboxylic acid groups (broad SMARTS) is 1. The number of anilines is 1. The van der Waals surface area contributed by atoms with Gasteiger partial charge in [-0.25, -0.2) is 9.18 Å². The monoisotopic (exact) mass is 370 g/mol. The second kappa shape index (κ2) is 7.99. The van der Waals surface area contributed by atoms with Crippen LogP contribution in [0.4, 0.5) is 10.1 Å². The lowest BCUT2D eigenvalue weighted by molar-refractivity contribution is -0.121. The van der Waals surface area contributed by atoms with Gasteiger partial charge in [-0.2, -0.15) is 0 Å². The highest BCUT2D eigenvalue weighted by molar-refractivity contribution is 5.97. The van der Waals surface area contributed by atoms with E-state index in [1.807, 2.05) is 0 Å². The zero-order valence-electron chi connectivity index (χ0n) is 14.6. The van der Waals surface area contributed by atoms with Crippen molar-refractivity contribution in [1.82, 2.24) is 5.32 Å². The molecule has 0 atom stereocenters. The molecule has 1 aliphatic rings. The summed E-state index contributed by atoms with van der Waals surface area (Å²) in [6.45, 7) is 0.496. The van der Waals surface area contributed by atoms with Crippen LogP contribution in [0.25, 0.3) is 0 Å². The van der Waals surface area contributed by atoms with Gasteiger partial charge in [0, 0.05) is 31.6 Å². The minimum atomic E-state index is -1.00. The van der Waals surface area contributed by atoms with E-state index in [0.29, 0.717) is 18.5 Å². The van der Waals surface area contributed by atoms with Crippen LogP contribution in [0.1, 0.15) is 34.3 Å². The molecule has 27 heavy (non-hydrogen) atoms. The van der Waals surface area contributed by atoms with E-state index in [0.717, 1.165) is 11.1 Å². The average Bonchev–Trinajstić information content (AvgIpc) is 2.66. The van der Waals surface area contributed by atoms with Crippen molar-refractivity contribution in [3.63, 3.8) is 0 Å². The largest absolute Gasteiger partial charge is 0.478 e. The van der Waals surface area contributed by atoms with Crippen LogP contribution in [-0.4, -0.2) is 29.4 Å². The molecular formula is C20H19FN2O4. The van der Waals surface area contributed by atoms with Crippen molar-refractivity contribution < 1.29 is 23.9 Å². The summed E-state index contributed by atoms with van der Waals surface area (Å²) in [6.07, 6.45) is 0.921. The Morgan fingerprint density at radius 3 is 2.56 bits per heavy atom. The summed E-state index contributed by atoms with van der Waals surface area (Å²) in [4.78, 5) is 36.6. The molecular weight excluding hydrogens is 351 g/mol. The number of aryl methyl sites for hydroxylation is 1. The standard InChI is InChI=1S/C20H19FN2O4/c21-16-6-7-17-15(11-16)5-8-19(25)23(17)10-9-18(24)22-12-13-1-3-14(4-2-13)20(26)27/h1-4,6-7,11H,5,8-10,12H2,(H,22,24)(H,26,27). The molecule has 7 heteroatoms. The van der Waals surface area contributed by atoms with Gasteiger partial charge in [-0.05, 0) is 47.9 Å². The van der Waals surface area contributed by atoms with Gasteiger partial charge in [-0.1, -0.05) is 12.1 Å². The predicted octanol–water partition coefficient (Wildman–Crippen LogP) is 2.51. The fourth-order valence-electron chi connectivity index (χ4n) is 3.04. The van der Waals surface area contributed by atoms with Crippen LogP contribution in [0.2, 0.25) is 0 Å². The summed E-state index contributed by atoms with van der Waals surface area (Å²) in [5, 5.41) is 11.6. The molecule has 0 aliphatic carbocycles. The van der Waals surface area contributed by atoms with Crippen molar-refractivity contribution in [2.75, 3.05) is 11.4 Å². The highest BCUT2D eigenvalue weighted by Gasteiger charge is 2.24. The van der Waals surface area contributed by atoms with Crippen LogP contribution in [0, 0.1) is 5.82 Å². The van der Waals surface area contributed by atoms with Gasteiger partial charge >= 0.3 is 5.97 Å². The first-order chi connectivity index (χ1) is 12.9. The Hall–Kier alpha value is -3.22. The number of rotatable bonds is 6. The van der Waals surface area contributed by atoms with E-state index in [-0.39, 0.29) is 42.7 Å². The highest BCUT2D eigenvalue weighted by atomic mass is 19.1. The van der Waals surface area contributed by atoms with E-state index in [1.54, 1.807) is 18.2 Å². The molecule has 140 valence electrons. The number of halogens is 1. The van der Waals surface area contributed by atoms with E-state index in [1.165, 1.54) is 29.2 Å². The normalized spacial score (nSPS) is 13.2. The SMILES string of the molecule is O=C(CCN1C(=O)CCc2cc(F)ccc21)NCc1ccc(C(=O)O)cc1. The summed E-state index contributed by atoms with van der Waals surface area (Å²) in [5.41, 5.74) is 2.39. The quantitative estimate of drug-likeness (QED) is 0.818. The molecule has 0 bridgehead atoms. The average molecular weight is 370 g/mol. The fraction of sp³-hybridized carbons (Fsp3) is 0.250. The Balaban J connectivity index is 1.55. The number of carbonyl (C=O) groups excluding carboxylic acids is 2. The third-order valence-electron chi connectivity index (χ3n) is 4.49. The first-order valence-corrected chi connectivity index (χ1v) is 8.62. The van der Waals surface area contributed by atoms with Gasteiger partial charge in [0.15, 0.2) is 0 Å². The van der Waals surface area contributed by atoms with Crippen molar-refractivity contribution in [3.05, 3.63) is 65.0 Å². The van der Waals surface area contributed by atoms with Crippen LogP contribution in [0.3, 0.4) is 0 Å². The maximum atomic E-state index is 13.4. The molecule has 6 nitrogen and oxygen atoms in total. The molecule has 0 saturated heterocycles. The third-order valence-corrected chi connectivity index (χ3v) is 4.49. The molecule has 1 heterocycles. The molecule has 0 spiro atoms. The van der Waals surface area contributed by atoms with Crippen molar-refractivity contribution in [3.8, 4) is 0 Å². The van der Waals surface area contributed by atoms with Gasteiger partial charge in [0.25, 0.3) is 0 Å². The molecule has 0 aromatic heterocycles. The summed E-state index contributed by atoms with van der Waals surface area (Å²) in [7, 11) is 0. The van der Waals surface area contributed by atoms with Crippen LogP contribution >= 0.6 is 0 Å². The van der Waals surface area contributed by atoms with Gasteiger partial charge in [0.2, 0.25) is 11.8 Å². The molecule has 2 amide bonds. The number of hydrogen-bond donors (Lipinski definition) is 2. The molecule has 0 saturated carbocycles. The zero-order valence-corrected chi connectivity index (χ0v) is 14.6. The van der Waals surface area contributed by atoms with Crippen molar-refractivity contribution in [1.29, 1.82) is 0 Å². The van der Waals surface area contributed by atoms with Crippen LogP contribution in [0.15, 0.2) is 42.5 Å². The topological polar surface area (TPSA) is 86.7 Å². The van der Waals surface area contributed by atoms with E-state index in [2.05, 4.69) is 5.32 Å². The smallest absolute Gasteiger partial charge is 0.335 e. The predicted molar refractivity (Wildman–Crippen MR) is 96.9 cm³/mol. The van der Waals surface area contributed by atoms with E-state index in [4.69, 9.17) is 5.11 Å². The number of amides is 2. The highest BCUT2D eigenvalue weighted by Crippen LogP contribution is 2.28. The van der Waals surface area contributed by atoms with Crippen molar-refractivity contribution in [2.24, 2.45) is 0 Å². The number of carbonyl (C=O) groups is 3. The first-order valence-electron chi connectivity index (χ1n) is 8.62. The lowest BCUT2D eigenvalue weighted by atomic mass is 10.0. The minimum absolute atomic E-state index is 0.0776. The number of carboxylic acids is 1. The van der Waals surface area contributed by atoms with Crippen LogP contribution in [-0.2, 0) is 22.6 Å². The number of benzene rings is 2. The van der Waals surface area contributed by atoms with Crippen molar-refractivity contribution >= 4 is 23.5 Å². The maximum absolute atomic E-state index is 13.4. The van der Waals surface area contributed by atoms with Gasteiger partial charge in [-0.3, -0.25) is 9.59 Å². The molecule has 0 fully saturated rings. The fourth-order valence-corrected chi connectivity index (χ4v) is 3.04. The van der Waals surface area contributed by atoms with Gasteiger partial charge in [0.1, 0.15) is 5.82 Å². The summed E-state index contributed by atoms with van der Waals surface area (Å²) in [6, 6.07) is 10.6. The molecule has 2 N–H and O–H groups in total. The Kier molecular flexibility index (Phi) is 5.49. The first kappa shape index (κ1) is 18.6. The lowest BCUT2D eigenvalue weighted by Crippen LogP contribution is -2.38. The lowest BCUT2D eigenvalue weighted by Gasteiger charge is -2.29. The minimum Gasteiger partial charge on any atom is -0.478 e. The van der Waals surface area contributed by atoms with Gasteiger partial charge in [0.05, 0.1) is 5.56 Å². The number of hydrogen-bond acceptors (Lipinski definition) is 3. The second-order valence-corrected chi connectivity index (χ2v) is 6.35. The molecule has 3 rings (SSSR count). The van der Waals surface area contributed by atoms with Crippen LogP contribution in [0.5, 0.6) is 0 Å². The number of aromatic carboxylic acids is 1. The Morgan fingerprint density at radius 2 is 1.85 bits per heavy atom. The summed E-state index contributed by atoms with van der Waals surface area (Å²) in [5.74, 6) is -1.64. The van der Waals surface area contributed by atoms with E-state index < -0.39 is 5.97 Å². The Morgan fingerprint density at radius 1 is 1.11 bits per heavy atom. The second-order valence-electron chi connectivity index (χ2n) is 6.35. The third kappa shape index (κ3) is 4.49. The summed E-state index contributed by atoms with van der Waals surface area (Å²) >= 11 is 0. The van der Waals surface area contributed by atoms with E-state index >= 15 is 0 Å². The Labute approximate surface area is 155 Å². The Bertz CT molecular complexity index is 880. The maximum Gasteiger partial charge on any atom is 0.335 e. The molecule has 0 radical (unpaired) electrons. The number of nitrogens with one attached hydrogen (secondary N) is 1. The molecule has 2 aromatic rings. The zero-order chi connectivity index (χ0) is 19.4. The number of nitrogens with zero attached hydrogens (tertiary/aromatic N) is 1. The molecule has 2 aromatic carbocycles. The molecule has 1 aliphatic heterocycles.